The summed E-state index contributed by atoms with van der Waals surface area (Å²) in [6.45, 7) is 6.54. The fraction of sp³-hybridized carbons (Fsp3) is 0.846. The van der Waals surface area contributed by atoms with Crippen LogP contribution in [0.15, 0.2) is 0 Å². The van der Waals surface area contributed by atoms with E-state index in [1.165, 1.54) is 0 Å². The molecule has 0 aromatic heterocycles. The van der Waals surface area contributed by atoms with Gasteiger partial charge in [0, 0.05) is 13.1 Å². The van der Waals surface area contributed by atoms with Crippen molar-refractivity contribution in [1.82, 2.24) is 4.90 Å². The Bertz CT molecular complexity index is 346. The molecule has 1 saturated heterocycles. The number of rotatable bonds is 1. The third kappa shape index (κ3) is 2.60. The number of piperidine rings is 1. The molecule has 3 atom stereocenters. The van der Waals surface area contributed by atoms with Crippen LogP contribution in [0.1, 0.15) is 33.6 Å². The maximum absolute atomic E-state index is 12.0. The third-order valence-electron chi connectivity index (χ3n) is 3.77. The van der Waals surface area contributed by atoms with E-state index in [-0.39, 0.29) is 23.8 Å². The van der Waals surface area contributed by atoms with Crippen LogP contribution >= 0.6 is 0 Å². The van der Waals surface area contributed by atoms with Gasteiger partial charge < -0.3 is 14.7 Å². The summed E-state index contributed by atoms with van der Waals surface area (Å²) >= 11 is 0. The molecule has 2 rings (SSSR count). The number of carboxylic acid groups (broad SMARTS) is 1. The summed E-state index contributed by atoms with van der Waals surface area (Å²) in [5.41, 5.74) is -0.500. The zero-order chi connectivity index (χ0) is 13.5. The molecule has 2 bridgehead atoms. The van der Waals surface area contributed by atoms with Gasteiger partial charge in [0.15, 0.2) is 0 Å². The molecule has 5 heteroatoms. The van der Waals surface area contributed by atoms with Crippen molar-refractivity contribution < 1.29 is 19.4 Å². The first-order valence-electron chi connectivity index (χ1n) is 6.48. The fourth-order valence-electron chi connectivity index (χ4n) is 3.10. The predicted molar refractivity (Wildman–Crippen MR) is 65.1 cm³/mol. The van der Waals surface area contributed by atoms with E-state index in [1.54, 1.807) is 4.90 Å². The van der Waals surface area contributed by atoms with Crippen molar-refractivity contribution >= 4 is 12.1 Å². The smallest absolute Gasteiger partial charge is 0.410 e. The summed E-state index contributed by atoms with van der Waals surface area (Å²) in [5, 5.41) is 9.20. The molecule has 0 unspecified atom stereocenters. The molecule has 0 aromatic carbocycles. The molecule has 5 nitrogen and oxygen atoms in total. The van der Waals surface area contributed by atoms with Crippen molar-refractivity contribution in [2.45, 2.75) is 39.2 Å². The molecule has 0 aromatic rings. The molecule has 1 aliphatic heterocycles. The Morgan fingerprint density at radius 3 is 2.06 bits per heavy atom. The summed E-state index contributed by atoms with van der Waals surface area (Å²) < 4.78 is 5.34. The largest absolute Gasteiger partial charge is 0.481 e. The summed E-state index contributed by atoms with van der Waals surface area (Å²) in [7, 11) is 0. The minimum atomic E-state index is -0.716. The second-order valence-electron chi connectivity index (χ2n) is 6.35. The maximum atomic E-state index is 12.0. The molecule has 102 valence electrons. The molecule has 0 spiro atoms. The van der Waals surface area contributed by atoms with Gasteiger partial charge in [0.25, 0.3) is 0 Å². The first-order chi connectivity index (χ1) is 8.28. The van der Waals surface area contributed by atoms with Crippen LogP contribution in [0.5, 0.6) is 0 Å². The van der Waals surface area contributed by atoms with Crippen molar-refractivity contribution in [2.24, 2.45) is 17.8 Å². The van der Waals surface area contributed by atoms with Gasteiger partial charge in [0.1, 0.15) is 5.60 Å². The van der Waals surface area contributed by atoms with Crippen LogP contribution in [0.25, 0.3) is 0 Å². The van der Waals surface area contributed by atoms with Gasteiger partial charge in [0.2, 0.25) is 0 Å². The monoisotopic (exact) mass is 255 g/mol. The Morgan fingerprint density at radius 1 is 1.17 bits per heavy atom. The van der Waals surface area contributed by atoms with Crippen molar-refractivity contribution in [3.05, 3.63) is 0 Å². The van der Waals surface area contributed by atoms with Gasteiger partial charge in [-0.25, -0.2) is 4.79 Å². The molecular formula is C13H21NO4. The zero-order valence-electron chi connectivity index (χ0n) is 11.2. The predicted octanol–water partition coefficient (Wildman–Crippen LogP) is 1.96. The lowest BCUT2D eigenvalue weighted by Gasteiger charge is -2.36. The van der Waals surface area contributed by atoms with Gasteiger partial charge >= 0.3 is 12.1 Å². The van der Waals surface area contributed by atoms with Crippen molar-refractivity contribution in [2.75, 3.05) is 13.1 Å². The molecule has 1 heterocycles. The first-order valence-corrected chi connectivity index (χ1v) is 6.48. The molecular weight excluding hydrogens is 234 g/mol. The summed E-state index contributed by atoms with van der Waals surface area (Å²) in [6.07, 6.45) is 1.49. The highest BCUT2D eigenvalue weighted by molar-refractivity contribution is 5.73. The Morgan fingerprint density at radius 2 is 1.67 bits per heavy atom. The number of ether oxygens (including phenoxy) is 1. The molecule has 1 aliphatic carbocycles. The number of amides is 1. The summed E-state index contributed by atoms with van der Waals surface area (Å²) in [5.74, 6) is -0.808. The van der Waals surface area contributed by atoms with Crippen LogP contribution in [0.3, 0.4) is 0 Å². The topological polar surface area (TPSA) is 66.8 Å². The van der Waals surface area contributed by atoms with Crippen LogP contribution in [0, 0.1) is 17.8 Å². The lowest BCUT2D eigenvalue weighted by atomic mass is 9.85. The fourth-order valence-corrected chi connectivity index (χ4v) is 3.10. The maximum Gasteiger partial charge on any atom is 0.410 e. The van der Waals surface area contributed by atoms with E-state index in [4.69, 9.17) is 4.74 Å². The Balaban J connectivity index is 2.00. The SMILES string of the molecule is CC(C)(C)OC(=O)N1C[C@H]2CC[C@@H](C1)[C@H]2C(=O)O. The van der Waals surface area contributed by atoms with Gasteiger partial charge in [0.05, 0.1) is 5.92 Å². The molecule has 1 saturated carbocycles. The van der Waals surface area contributed by atoms with Gasteiger partial charge in [-0.3, -0.25) is 4.79 Å². The van der Waals surface area contributed by atoms with Gasteiger partial charge in [-0.2, -0.15) is 0 Å². The molecule has 18 heavy (non-hydrogen) atoms. The Kier molecular flexibility index (Phi) is 3.25. The molecule has 2 fully saturated rings. The Hall–Kier alpha value is -1.26. The number of nitrogens with zero attached hydrogens (tertiary/aromatic N) is 1. The summed E-state index contributed by atoms with van der Waals surface area (Å²) in [4.78, 5) is 24.8. The number of hydrogen-bond acceptors (Lipinski definition) is 3. The second kappa shape index (κ2) is 4.44. The normalized spacial score (nSPS) is 31.3. The second-order valence-corrected chi connectivity index (χ2v) is 6.35. The van der Waals surface area contributed by atoms with E-state index in [2.05, 4.69) is 0 Å². The number of carbonyl (C=O) groups is 2. The standard InChI is InChI=1S/C13H21NO4/c1-13(2,3)18-12(17)14-6-8-4-5-9(7-14)10(8)11(15)16/h8-10H,4-7H2,1-3H3,(H,15,16)/t8-,9+,10+. The highest BCUT2D eigenvalue weighted by atomic mass is 16.6. The van der Waals surface area contributed by atoms with Crippen molar-refractivity contribution in [1.29, 1.82) is 0 Å². The number of hydrogen-bond donors (Lipinski definition) is 1. The first kappa shape index (κ1) is 13.2. The molecule has 1 N–H and O–H groups in total. The molecule has 1 amide bonds. The van der Waals surface area contributed by atoms with E-state index in [9.17, 15) is 14.7 Å². The Labute approximate surface area is 107 Å². The van der Waals surface area contributed by atoms with Crippen LogP contribution in [-0.2, 0) is 9.53 Å². The number of carbonyl (C=O) groups excluding carboxylic acids is 1. The number of likely N-dealkylation sites (tertiary alicyclic amines) is 1. The zero-order valence-corrected chi connectivity index (χ0v) is 11.2. The summed E-state index contributed by atoms with van der Waals surface area (Å²) in [6, 6.07) is 0. The van der Waals surface area contributed by atoms with E-state index >= 15 is 0 Å². The van der Waals surface area contributed by atoms with Crippen molar-refractivity contribution in [3.63, 3.8) is 0 Å². The van der Waals surface area contributed by atoms with E-state index < -0.39 is 11.6 Å². The van der Waals surface area contributed by atoms with Gasteiger partial charge in [-0.15, -0.1) is 0 Å². The van der Waals surface area contributed by atoms with Crippen LogP contribution in [-0.4, -0.2) is 40.8 Å². The van der Waals surface area contributed by atoms with Crippen LogP contribution in [0.2, 0.25) is 0 Å². The molecule has 0 radical (unpaired) electrons. The lowest BCUT2D eigenvalue weighted by molar-refractivity contribution is -0.146. The number of fused-ring (bicyclic) bond motifs is 2. The average Bonchev–Trinajstić information content (AvgIpc) is 2.47. The van der Waals surface area contributed by atoms with E-state index in [1.807, 2.05) is 20.8 Å². The minimum absolute atomic E-state index is 0.0915. The lowest BCUT2D eigenvalue weighted by Crippen LogP contribution is -2.48. The third-order valence-corrected chi connectivity index (χ3v) is 3.77. The van der Waals surface area contributed by atoms with Crippen LogP contribution < -0.4 is 0 Å². The van der Waals surface area contributed by atoms with E-state index in [0.717, 1.165) is 12.8 Å². The van der Waals surface area contributed by atoms with Crippen LogP contribution in [0.4, 0.5) is 4.79 Å². The van der Waals surface area contributed by atoms with Crippen molar-refractivity contribution in [3.8, 4) is 0 Å². The highest BCUT2D eigenvalue weighted by Crippen LogP contribution is 2.42. The quantitative estimate of drug-likeness (QED) is 0.777. The number of carboxylic acids is 1. The number of aliphatic carboxylic acids is 1. The van der Waals surface area contributed by atoms with Gasteiger partial charge in [-0.1, -0.05) is 0 Å². The average molecular weight is 255 g/mol. The molecule has 2 aliphatic rings. The highest BCUT2D eigenvalue weighted by Gasteiger charge is 2.47. The van der Waals surface area contributed by atoms with Gasteiger partial charge in [-0.05, 0) is 45.4 Å². The van der Waals surface area contributed by atoms with E-state index in [0.29, 0.717) is 13.1 Å². The minimum Gasteiger partial charge on any atom is -0.481 e.